The van der Waals surface area contributed by atoms with E-state index in [1.54, 1.807) is 19.5 Å². The molecule has 2 aromatic rings. The topological polar surface area (TPSA) is 50.3 Å². The lowest BCUT2D eigenvalue weighted by molar-refractivity contribution is 0.384. The molecule has 1 aromatic heterocycles. The molecule has 1 N–H and O–H groups in total. The normalized spacial score (nSPS) is 12.0. The average molecular weight is 272 g/mol. The molecule has 1 atom stereocenters. The maximum absolute atomic E-state index is 5.29. The van der Waals surface area contributed by atoms with Crippen molar-refractivity contribution in [2.75, 3.05) is 33.2 Å². The zero-order valence-electron chi connectivity index (χ0n) is 12.3. The zero-order chi connectivity index (χ0) is 14.5. The van der Waals surface area contributed by atoms with E-state index < -0.39 is 0 Å². The summed E-state index contributed by atoms with van der Waals surface area (Å²) in [6.45, 7) is 0. The van der Waals surface area contributed by atoms with Crippen LogP contribution in [0, 0.1) is 0 Å². The van der Waals surface area contributed by atoms with Crippen LogP contribution in [-0.2, 0) is 0 Å². The highest BCUT2D eigenvalue weighted by molar-refractivity contribution is 5.47. The van der Waals surface area contributed by atoms with Crippen LogP contribution in [0.5, 0.6) is 5.88 Å². The third kappa shape index (κ3) is 2.88. The van der Waals surface area contributed by atoms with Gasteiger partial charge in [-0.2, -0.15) is 0 Å². The minimum absolute atomic E-state index is 0.0464. The van der Waals surface area contributed by atoms with Crippen molar-refractivity contribution in [3.05, 3.63) is 47.9 Å². The molecule has 0 amide bonds. The molecule has 0 saturated carbocycles. The van der Waals surface area contributed by atoms with Gasteiger partial charge in [-0.05, 0) is 24.7 Å². The first kappa shape index (κ1) is 14.3. The lowest BCUT2D eigenvalue weighted by atomic mass is 10.0. The van der Waals surface area contributed by atoms with Crippen LogP contribution >= 0.6 is 0 Å². The highest BCUT2D eigenvalue weighted by Gasteiger charge is 2.18. The smallest absolute Gasteiger partial charge is 0.237 e. The fourth-order valence-electron chi connectivity index (χ4n) is 2.12. The molecule has 0 bridgehead atoms. The number of aromatic nitrogens is 2. The minimum atomic E-state index is -0.0464. The van der Waals surface area contributed by atoms with E-state index >= 15 is 0 Å². The Balaban J connectivity index is 2.36. The summed E-state index contributed by atoms with van der Waals surface area (Å²) in [7, 11) is 7.56. The van der Waals surface area contributed by atoms with Gasteiger partial charge in [0.15, 0.2) is 0 Å². The molecule has 1 unspecified atom stereocenters. The first-order chi connectivity index (χ1) is 9.67. The molecule has 0 spiro atoms. The Bertz CT molecular complexity index is 554. The zero-order valence-corrected chi connectivity index (χ0v) is 12.3. The number of benzene rings is 1. The summed E-state index contributed by atoms with van der Waals surface area (Å²) in [5.74, 6) is 0.545. The molecule has 5 heteroatoms. The number of hydrogen-bond donors (Lipinski definition) is 1. The summed E-state index contributed by atoms with van der Waals surface area (Å²) in [4.78, 5) is 10.7. The van der Waals surface area contributed by atoms with Crippen molar-refractivity contribution in [3.8, 4) is 5.88 Å². The molecule has 106 valence electrons. The molecule has 0 aliphatic rings. The van der Waals surface area contributed by atoms with E-state index in [9.17, 15) is 0 Å². The summed E-state index contributed by atoms with van der Waals surface area (Å²) in [5.41, 5.74) is 3.07. The van der Waals surface area contributed by atoms with Crippen LogP contribution in [0.4, 0.5) is 5.69 Å². The molecule has 20 heavy (non-hydrogen) atoms. The largest absolute Gasteiger partial charge is 0.480 e. The van der Waals surface area contributed by atoms with E-state index in [1.165, 1.54) is 0 Å². The van der Waals surface area contributed by atoms with E-state index in [2.05, 4.69) is 44.5 Å². The van der Waals surface area contributed by atoms with Gasteiger partial charge in [0.1, 0.15) is 5.69 Å². The van der Waals surface area contributed by atoms with Gasteiger partial charge in [0.05, 0.1) is 13.2 Å². The van der Waals surface area contributed by atoms with Gasteiger partial charge in [-0.15, -0.1) is 0 Å². The summed E-state index contributed by atoms with van der Waals surface area (Å²) in [5, 5.41) is 3.26. The van der Waals surface area contributed by atoms with Crippen molar-refractivity contribution in [1.29, 1.82) is 0 Å². The Morgan fingerprint density at radius 3 is 2.30 bits per heavy atom. The highest BCUT2D eigenvalue weighted by Crippen LogP contribution is 2.27. The molecule has 0 saturated heterocycles. The number of anilines is 1. The molecule has 0 aliphatic carbocycles. The fourth-order valence-corrected chi connectivity index (χ4v) is 2.12. The SMILES string of the molecule is CNC(c1ccc(N(C)C)cc1)c1nccnc1OC. The Labute approximate surface area is 119 Å². The first-order valence-electron chi connectivity index (χ1n) is 6.46. The second-order valence-corrected chi connectivity index (χ2v) is 4.66. The maximum atomic E-state index is 5.29. The third-order valence-corrected chi connectivity index (χ3v) is 3.19. The van der Waals surface area contributed by atoms with Gasteiger partial charge in [-0.25, -0.2) is 4.98 Å². The number of hydrogen-bond acceptors (Lipinski definition) is 5. The molecule has 0 radical (unpaired) electrons. The van der Waals surface area contributed by atoms with Crippen molar-refractivity contribution < 1.29 is 4.74 Å². The predicted molar refractivity (Wildman–Crippen MR) is 80.3 cm³/mol. The number of nitrogens with zero attached hydrogens (tertiary/aromatic N) is 3. The van der Waals surface area contributed by atoms with Crippen LogP contribution in [0.25, 0.3) is 0 Å². The van der Waals surface area contributed by atoms with Crippen molar-refractivity contribution in [1.82, 2.24) is 15.3 Å². The van der Waals surface area contributed by atoms with Gasteiger partial charge < -0.3 is 15.0 Å². The summed E-state index contributed by atoms with van der Waals surface area (Å²) >= 11 is 0. The van der Waals surface area contributed by atoms with Gasteiger partial charge in [0.25, 0.3) is 0 Å². The van der Waals surface area contributed by atoms with Gasteiger partial charge >= 0.3 is 0 Å². The van der Waals surface area contributed by atoms with E-state index in [4.69, 9.17) is 4.74 Å². The van der Waals surface area contributed by atoms with Gasteiger partial charge in [0.2, 0.25) is 5.88 Å². The van der Waals surface area contributed by atoms with Crippen molar-refractivity contribution in [2.24, 2.45) is 0 Å². The number of nitrogens with one attached hydrogen (secondary N) is 1. The Hall–Kier alpha value is -2.14. The van der Waals surface area contributed by atoms with E-state index in [-0.39, 0.29) is 6.04 Å². The van der Waals surface area contributed by atoms with E-state index in [0.717, 1.165) is 16.9 Å². The second-order valence-electron chi connectivity index (χ2n) is 4.66. The highest BCUT2D eigenvalue weighted by atomic mass is 16.5. The Kier molecular flexibility index (Phi) is 4.53. The molecule has 2 rings (SSSR count). The van der Waals surface area contributed by atoms with E-state index in [0.29, 0.717) is 5.88 Å². The average Bonchev–Trinajstić information content (AvgIpc) is 2.49. The van der Waals surface area contributed by atoms with Gasteiger partial charge in [-0.3, -0.25) is 4.98 Å². The van der Waals surface area contributed by atoms with Crippen molar-refractivity contribution >= 4 is 5.69 Å². The molecular weight excluding hydrogens is 252 g/mol. The third-order valence-electron chi connectivity index (χ3n) is 3.19. The fraction of sp³-hybridized carbons (Fsp3) is 0.333. The minimum Gasteiger partial charge on any atom is -0.480 e. The van der Waals surface area contributed by atoms with Crippen LogP contribution in [0.15, 0.2) is 36.7 Å². The van der Waals surface area contributed by atoms with Crippen LogP contribution in [0.3, 0.4) is 0 Å². The molecule has 5 nitrogen and oxygen atoms in total. The van der Waals surface area contributed by atoms with Crippen molar-refractivity contribution in [2.45, 2.75) is 6.04 Å². The van der Waals surface area contributed by atoms with Crippen LogP contribution in [0.1, 0.15) is 17.3 Å². The van der Waals surface area contributed by atoms with Crippen molar-refractivity contribution in [3.63, 3.8) is 0 Å². The number of methoxy groups -OCH3 is 1. The second kappa shape index (κ2) is 6.34. The number of rotatable bonds is 5. The van der Waals surface area contributed by atoms with Crippen LogP contribution in [-0.4, -0.2) is 38.2 Å². The quantitative estimate of drug-likeness (QED) is 0.900. The number of ether oxygens (including phenoxy) is 1. The summed E-state index contributed by atoms with van der Waals surface area (Å²) in [6, 6.07) is 8.30. The predicted octanol–water partition coefficient (Wildman–Crippen LogP) is 1.86. The molecule has 0 aliphatic heterocycles. The van der Waals surface area contributed by atoms with Crippen LogP contribution < -0.4 is 15.0 Å². The monoisotopic (exact) mass is 272 g/mol. The molecule has 1 aromatic carbocycles. The Morgan fingerprint density at radius 2 is 1.75 bits per heavy atom. The lowest BCUT2D eigenvalue weighted by Crippen LogP contribution is -2.20. The van der Waals surface area contributed by atoms with Crippen LogP contribution in [0.2, 0.25) is 0 Å². The molecule has 0 fully saturated rings. The molecule has 1 heterocycles. The first-order valence-corrected chi connectivity index (χ1v) is 6.46. The maximum Gasteiger partial charge on any atom is 0.237 e. The van der Waals surface area contributed by atoms with Gasteiger partial charge in [0, 0.05) is 32.2 Å². The van der Waals surface area contributed by atoms with E-state index in [1.807, 2.05) is 21.1 Å². The lowest BCUT2D eigenvalue weighted by Gasteiger charge is -2.19. The van der Waals surface area contributed by atoms with Gasteiger partial charge in [-0.1, -0.05) is 12.1 Å². The standard InChI is InChI=1S/C15H20N4O/c1-16-13(14-15(20-4)18-10-9-17-14)11-5-7-12(8-6-11)19(2)3/h5-10,13,16H,1-4H3. The Morgan fingerprint density at radius 1 is 1.10 bits per heavy atom. The summed E-state index contributed by atoms with van der Waals surface area (Å²) in [6.07, 6.45) is 3.31. The summed E-state index contributed by atoms with van der Waals surface area (Å²) < 4.78 is 5.29. The molecular formula is C15H20N4O.